The van der Waals surface area contributed by atoms with Gasteiger partial charge in [-0.3, -0.25) is 0 Å². The fourth-order valence-electron chi connectivity index (χ4n) is 2.37. The largest absolute Gasteiger partial charge is 0.381 e. The van der Waals surface area contributed by atoms with E-state index in [1.165, 1.54) is 0 Å². The van der Waals surface area contributed by atoms with Crippen LogP contribution in [-0.2, 0) is 14.9 Å². The van der Waals surface area contributed by atoms with Crippen molar-refractivity contribution in [1.29, 1.82) is 5.26 Å². The highest BCUT2D eigenvalue weighted by Gasteiger charge is 2.44. The first-order valence-electron chi connectivity index (χ1n) is 6.24. The predicted molar refractivity (Wildman–Crippen MR) is 62.9 cm³/mol. The average Bonchev–Trinajstić information content (AvgIpc) is 2.40. The lowest BCUT2D eigenvalue weighted by atomic mass is 9.86. The van der Waals surface area contributed by atoms with Crippen molar-refractivity contribution in [3.05, 3.63) is 23.8 Å². The van der Waals surface area contributed by atoms with E-state index in [0.29, 0.717) is 25.0 Å². The zero-order valence-electron chi connectivity index (χ0n) is 10.1. The first-order valence-corrected chi connectivity index (χ1v) is 6.24. The Hall–Kier alpha value is -1.51. The molecular weight excluding hydrogens is 230 g/mol. The molecule has 0 aromatic carbocycles. The second-order valence-electron chi connectivity index (χ2n) is 4.88. The van der Waals surface area contributed by atoms with Crippen molar-refractivity contribution in [3.63, 3.8) is 0 Å². The van der Waals surface area contributed by atoms with Crippen LogP contribution in [0, 0.1) is 11.3 Å². The van der Waals surface area contributed by atoms with Crippen LogP contribution in [0.25, 0.3) is 0 Å². The molecule has 0 unspecified atom stereocenters. The minimum absolute atomic E-state index is 0.404. The number of nitrogens with zero attached hydrogens (tertiary/aromatic N) is 3. The van der Waals surface area contributed by atoms with Crippen molar-refractivity contribution in [3.8, 4) is 6.07 Å². The molecule has 0 atom stereocenters. The Balaban J connectivity index is 1.87. The molecule has 18 heavy (non-hydrogen) atoms. The van der Waals surface area contributed by atoms with Gasteiger partial charge in [-0.2, -0.15) is 5.26 Å². The van der Waals surface area contributed by atoms with Gasteiger partial charge in [-0.25, -0.2) is 9.97 Å². The number of nitriles is 1. The van der Waals surface area contributed by atoms with E-state index in [1.807, 2.05) is 6.07 Å². The highest BCUT2D eigenvalue weighted by atomic mass is 16.5. The Kier molecular flexibility index (Phi) is 2.98. The Morgan fingerprint density at radius 1 is 1.28 bits per heavy atom. The number of aromatic nitrogens is 2. The van der Waals surface area contributed by atoms with Crippen LogP contribution in [0.2, 0.25) is 0 Å². The molecule has 5 nitrogen and oxygen atoms in total. The van der Waals surface area contributed by atoms with Crippen LogP contribution in [0.3, 0.4) is 0 Å². The van der Waals surface area contributed by atoms with Crippen LogP contribution in [0.5, 0.6) is 0 Å². The molecule has 3 heterocycles. The third kappa shape index (κ3) is 1.88. The van der Waals surface area contributed by atoms with E-state index in [1.54, 1.807) is 6.20 Å². The Morgan fingerprint density at radius 3 is 2.67 bits per heavy atom. The van der Waals surface area contributed by atoms with E-state index in [9.17, 15) is 5.26 Å². The maximum Gasteiger partial charge on any atom is 0.163 e. The Labute approximate surface area is 106 Å². The van der Waals surface area contributed by atoms with Crippen molar-refractivity contribution >= 4 is 0 Å². The summed E-state index contributed by atoms with van der Waals surface area (Å²) in [5, 5.41) is 9.26. The molecule has 2 aliphatic heterocycles. The summed E-state index contributed by atoms with van der Waals surface area (Å²) in [6, 6.07) is 4.24. The molecule has 94 valence electrons. The summed E-state index contributed by atoms with van der Waals surface area (Å²) in [7, 11) is 0. The van der Waals surface area contributed by atoms with E-state index in [2.05, 4.69) is 16.0 Å². The van der Waals surface area contributed by atoms with Gasteiger partial charge in [-0.15, -0.1) is 0 Å². The summed E-state index contributed by atoms with van der Waals surface area (Å²) in [4.78, 5) is 8.85. The molecule has 0 N–H and O–H groups in total. The van der Waals surface area contributed by atoms with E-state index >= 15 is 0 Å². The third-order valence-corrected chi connectivity index (χ3v) is 3.66. The first-order chi connectivity index (χ1) is 8.84. The molecule has 1 aromatic heterocycles. The minimum atomic E-state index is -0.624. The molecular formula is C13H15N3O2. The molecule has 0 radical (unpaired) electrons. The molecule has 2 aliphatic rings. The van der Waals surface area contributed by atoms with Gasteiger partial charge >= 0.3 is 0 Å². The van der Waals surface area contributed by atoms with E-state index < -0.39 is 5.41 Å². The van der Waals surface area contributed by atoms with Crippen LogP contribution in [0.4, 0.5) is 0 Å². The molecule has 0 saturated carbocycles. The van der Waals surface area contributed by atoms with Crippen molar-refractivity contribution in [1.82, 2.24) is 9.97 Å². The van der Waals surface area contributed by atoms with Crippen LogP contribution in [0.1, 0.15) is 30.3 Å². The third-order valence-electron chi connectivity index (χ3n) is 3.66. The summed E-state index contributed by atoms with van der Waals surface area (Å²) in [6.07, 6.45) is 3.74. The predicted octanol–water partition coefficient (Wildman–Crippen LogP) is 1.16. The summed E-state index contributed by atoms with van der Waals surface area (Å²) >= 11 is 0. The minimum Gasteiger partial charge on any atom is -0.381 e. The van der Waals surface area contributed by atoms with Gasteiger partial charge in [0.15, 0.2) is 11.2 Å². The quantitative estimate of drug-likeness (QED) is 0.782. The summed E-state index contributed by atoms with van der Waals surface area (Å²) in [5.41, 5.74) is 0.408. The standard InChI is InChI=1S/C13H15N3O2/c14-7-13(8-18-9-13)12-15-4-1-11(16-12)10-2-5-17-6-3-10/h1,4,10H,2-3,5-6,8-9H2. The van der Waals surface area contributed by atoms with E-state index in [-0.39, 0.29) is 0 Å². The van der Waals surface area contributed by atoms with Crippen LogP contribution >= 0.6 is 0 Å². The van der Waals surface area contributed by atoms with Gasteiger partial charge in [-0.05, 0) is 18.9 Å². The lowest BCUT2D eigenvalue weighted by molar-refractivity contribution is -0.0341. The molecule has 0 aliphatic carbocycles. The Morgan fingerprint density at radius 2 is 2.06 bits per heavy atom. The molecule has 2 saturated heterocycles. The van der Waals surface area contributed by atoms with E-state index in [4.69, 9.17) is 9.47 Å². The molecule has 5 heteroatoms. The summed E-state index contributed by atoms with van der Waals surface area (Å²) in [5.74, 6) is 1.04. The van der Waals surface area contributed by atoms with Gasteiger partial charge < -0.3 is 9.47 Å². The maximum absolute atomic E-state index is 9.26. The van der Waals surface area contributed by atoms with Crippen molar-refractivity contribution < 1.29 is 9.47 Å². The second-order valence-corrected chi connectivity index (χ2v) is 4.88. The smallest absolute Gasteiger partial charge is 0.163 e. The molecule has 0 spiro atoms. The van der Waals surface area contributed by atoms with Crippen LogP contribution < -0.4 is 0 Å². The molecule has 3 rings (SSSR count). The number of rotatable bonds is 2. The SMILES string of the molecule is N#CC1(c2nccc(C3CCOCC3)n2)COC1. The second kappa shape index (κ2) is 4.63. The monoisotopic (exact) mass is 245 g/mol. The highest BCUT2D eigenvalue weighted by Crippen LogP contribution is 2.31. The topological polar surface area (TPSA) is 68.0 Å². The van der Waals surface area contributed by atoms with Gasteiger partial charge in [0.05, 0.1) is 19.3 Å². The van der Waals surface area contributed by atoms with Crippen molar-refractivity contribution in [2.45, 2.75) is 24.2 Å². The molecule has 0 amide bonds. The van der Waals surface area contributed by atoms with Crippen molar-refractivity contribution in [2.24, 2.45) is 0 Å². The number of hydrogen-bond acceptors (Lipinski definition) is 5. The number of hydrogen-bond donors (Lipinski definition) is 0. The average molecular weight is 245 g/mol. The zero-order valence-corrected chi connectivity index (χ0v) is 10.1. The fraction of sp³-hybridized carbons (Fsp3) is 0.615. The lowest BCUT2D eigenvalue weighted by Gasteiger charge is -2.33. The van der Waals surface area contributed by atoms with Gasteiger partial charge in [0.2, 0.25) is 0 Å². The van der Waals surface area contributed by atoms with Gasteiger partial charge in [-0.1, -0.05) is 0 Å². The van der Waals surface area contributed by atoms with Gasteiger partial charge in [0.25, 0.3) is 0 Å². The summed E-state index contributed by atoms with van der Waals surface area (Å²) < 4.78 is 10.5. The van der Waals surface area contributed by atoms with Crippen LogP contribution in [0.15, 0.2) is 12.3 Å². The first kappa shape index (κ1) is 11.6. The summed E-state index contributed by atoms with van der Waals surface area (Å²) in [6.45, 7) is 2.38. The Bertz CT molecular complexity index is 473. The van der Waals surface area contributed by atoms with Gasteiger partial charge in [0.1, 0.15) is 0 Å². The normalized spacial score (nSPS) is 23.1. The number of ether oxygens (including phenoxy) is 2. The van der Waals surface area contributed by atoms with Crippen LogP contribution in [-0.4, -0.2) is 36.4 Å². The van der Waals surface area contributed by atoms with Crippen molar-refractivity contribution in [2.75, 3.05) is 26.4 Å². The molecule has 0 bridgehead atoms. The highest BCUT2D eigenvalue weighted by molar-refractivity contribution is 5.26. The lowest BCUT2D eigenvalue weighted by Crippen LogP contribution is -2.47. The van der Waals surface area contributed by atoms with E-state index in [0.717, 1.165) is 31.7 Å². The zero-order chi connectivity index (χ0) is 12.4. The van der Waals surface area contributed by atoms with Gasteiger partial charge in [0, 0.05) is 31.0 Å². The fourth-order valence-corrected chi connectivity index (χ4v) is 2.37. The maximum atomic E-state index is 9.26. The molecule has 1 aromatic rings. The molecule has 2 fully saturated rings.